The van der Waals surface area contributed by atoms with Gasteiger partial charge in [-0.05, 0) is 29.2 Å². The van der Waals surface area contributed by atoms with E-state index in [1.54, 1.807) is 0 Å². The summed E-state index contributed by atoms with van der Waals surface area (Å²) in [6, 6.07) is 12.8. The van der Waals surface area contributed by atoms with Crippen LogP contribution in [0.2, 0.25) is 0 Å². The number of urea groups is 1. The van der Waals surface area contributed by atoms with Crippen LogP contribution in [-0.4, -0.2) is 23.4 Å². The Balaban J connectivity index is 2.31. The number of primary amides is 2. The molecule has 3 amide bonds. The monoisotopic (exact) mass is 283 g/mol. The molecule has 0 aromatic heterocycles. The Morgan fingerprint density at radius 1 is 1.05 bits per heavy atom. The highest BCUT2D eigenvalue weighted by atomic mass is 16.2. The Hall–Kier alpha value is -2.56. The lowest BCUT2D eigenvalue weighted by atomic mass is 9.83. The molecule has 2 aromatic rings. The first kappa shape index (κ1) is 13.4. The van der Waals surface area contributed by atoms with Crippen molar-refractivity contribution in [1.29, 1.82) is 0 Å². The molecule has 0 aliphatic carbocycles. The smallest absolute Gasteiger partial charge is 0.315 e. The molecule has 3 rings (SSSR count). The summed E-state index contributed by atoms with van der Waals surface area (Å²) in [5.41, 5.74) is 10.8. The highest BCUT2D eigenvalue weighted by Gasteiger charge is 2.50. The second kappa shape index (κ2) is 4.77. The maximum absolute atomic E-state index is 12.3. The normalized spacial score (nSPS) is 21.6. The maximum Gasteiger partial charge on any atom is 0.315 e. The number of benzene rings is 2. The molecule has 2 aromatic carbocycles. The van der Waals surface area contributed by atoms with Gasteiger partial charge in [-0.25, -0.2) is 4.79 Å². The van der Waals surface area contributed by atoms with E-state index in [2.05, 4.69) is 0 Å². The molecule has 1 aliphatic rings. The zero-order valence-electron chi connectivity index (χ0n) is 11.6. The van der Waals surface area contributed by atoms with Gasteiger partial charge in [0.05, 0.1) is 0 Å². The van der Waals surface area contributed by atoms with E-state index in [-0.39, 0.29) is 0 Å². The fraction of sp³-hybridized carbons (Fsp3) is 0.250. The first-order valence-corrected chi connectivity index (χ1v) is 6.92. The molecule has 5 heteroatoms. The van der Waals surface area contributed by atoms with Gasteiger partial charge in [0.15, 0.2) is 0 Å². The van der Waals surface area contributed by atoms with Crippen molar-refractivity contribution < 1.29 is 9.59 Å². The van der Waals surface area contributed by atoms with E-state index < -0.39 is 17.5 Å². The summed E-state index contributed by atoms with van der Waals surface area (Å²) in [7, 11) is 0. The quantitative estimate of drug-likeness (QED) is 0.878. The van der Waals surface area contributed by atoms with Gasteiger partial charge in [0.25, 0.3) is 0 Å². The van der Waals surface area contributed by atoms with E-state index in [0.29, 0.717) is 19.4 Å². The summed E-state index contributed by atoms with van der Waals surface area (Å²) in [5.74, 6) is -0.532. The van der Waals surface area contributed by atoms with Crippen LogP contribution in [0.5, 0.6) is 0 Å². The second-order valence-electron chi connectivity index (χ2n) is 5.34. The van der Waals surface area contributed by atoms with E-state index in [9.17, 15) is 9.59 Å². The van der Waals surface area contributed by atoms with Crippen molar-refractivity contribution in [3.8, 4) is 0 Å². The van der Waals surface area contributed by atoms with Gasteiger partial charge in [0.2, 0.25) is 5.91 Å². The molecule has 21 heavy (non-hydrogen) atoms. The van der Waals surface area contributed by atoms with Crippen LogP contribution in [0, 0.1) is 0 Å². The van der Waals surface area contributed by atoms with Crippen LogP contribution >= 0.6 is 0 Å². The Bertz CT molecular complexity index is 723. The van der Waals surface area contributed by atoms with E-state index in [1.807, 2.05) is 42.5 Å². The summed E-state index contributed by atoms with van der Waals surface area (Å²) in [6.45, 7) is 0.446. The predicted octanol–water partition coefficient (Wildman–Crippen LogP) is 1.69. The Morgan fingerprint density at radius 3 is 2.48 bits per heavy atom. The summed E-state index contributed by atoms with van der Waals surface area (Å²) in [6.07, 6.45) is 1.20. The number of nitrogens with zero attached hydrogens (tertiary/aromatic N) is 1. The Labute approximate surface area is 122 Å². The molecule has 0 radical (unpaired) electrons. The van der Waals surface area contributed by atoms with E-state index in [4.69, 9.17) is 11.5 Å². The van der Waals surface area contributed by atoms with Crippen molar-refractivity contribution >= 4 is 22.7 Å². The SMILES string of the molecule is NC(=O)N1CCCC1(C(N)=O)c1cccc2ccccc12. The molecule has 1 atom stereocenters. The van der Waals surface area contributed by atoms with Crippen molar-refractivity contribution in [3.63, 3.8) is 0 Å². The highest BCUT2D eigenvalue weighted by molar-refractivity contribution is 5.97. The molecule has 1 fully saturated rings. The van der Waals surface area contributed by atoms with Crippen LogP contribution in [0.4, 0.5) is 4.79 Å². The van der Waals surface area contributed by atoms with Crippen LogP contribution in [0.3, 0.4) is 0 Å². The third-order valence-corrected chi connectivity index (χ3v) is 4.29. The fourth-order valence-corrected chi connectivity index (χ4v) is 3.37. The molecular formula is C16H17N3O2. The third-order valence-electron chi connectivity index (χ3n) is 4.29. The number of carbonyl (C=O) groups excluding carboxylic acids is 2. The highest BCUT2D eigenvalue weighted by Crippen LogP contribution is 2.41. The van der Waals surface area contributed by atoms with Crippen LogP contribution in [0.25, 0.3) is 10.8 Å². The number of carbonyl (C=O) groups is 2. The molecule has 1 saturated heterocycles. The van der Waals surface area contributed by atoms with Gasteiger partial charge in [-0.1, -0.05) is 42.5 Å². The fourth-order valence-electron chi connectivity index (χ4n) is 3.37. The van der Waals surface area contributed by atoms with Crippen LogP contribution in [-0.2, 0) is 10.3 Å². The summed E-state index contributed by atoms with van der Waals surface area (Å²) in [5, 5.41) is 1.93. The van der Waals surface area contributed by atoms with Crippen LogP contribution in [0.1, 0.15) is 18.4 Å². The summed E-state index contributed by atoms with van der Waals surface area (Å²) >= 11 is 0. The molecule has 0 saturated carbocycles. The number of amides is 3. The lowest BCUT2D eigenvalue weighted by molar-refractivity contribution is -0.127. The van der Waals surface area contributed by atoms with Crippen LogP contribution < -0.4 is 11.5 Å². The Kier molecular flexibility index (Phi) is 3.05. The number of hydrogen-bond donors (Lipinski definition) is 2. The van der Waals surface area contributed by atoms with Crippen molar-refractivity contribution in [2.24, 2.45) is 11.5 Å². The number of fused-ring (bicyclic) bond motifs is 1. The molecule has 0 bridgehead atoms. The minimum Gasteiger partial charge on any atom is -0.367 e. The molecular weight excluding hydrogens is 266 g/mol. The molecule has 108 valence electrons. The zero-order valence-corrected chi connectivity index (χ0v) is 11.6. The average Bonchev–Trinajstić information content (AvgIpc) is 2.92. The van der Waals surface area contributed by atoms with Gasteiger partial charge in [0.1, 0.15) is 5.54 Å². The Morgan fingerprint density at radius 2 is 1.76 bits per heavy atom. The van der Waals surface area contributed by atoms with Crippen molar-refractivity contribution in [3.05, 3.63) is 48.0 Å². The minimum atomic E-state index is -1.15. The lowest BCUT2D eigenvalue weighted by Gasteiger charge is -2.35. The number of likely N-dealkylation sites (tertiary alicyclic amines) is 1. The van der Waals surface area contributed by atoms with Gasteiger partial charge < -0.3 is 16.4 Å². The van der Waals surface area contributed by atoms with Gasteiger partial charge in [-0.15, -0.1) is 0 Å². The van der Waals surface area contributed by atoms with E-state index >= 15 is 0 Å². The first-order chi connectivity index (χ1) is 10.1. The average molecular weight is 283 g/mol. The molecule has 5 nitrogen and oxygen atoms in total. The lowest BCUT2D eigenvalue weighted by Crippen LogP contribution is -2.55. The third kappa shape index (κ3) is 1.85. The van der Waals surface area contributed by atoms with Crippen molar-refractivity contribution in [2.75, 3.05) is 6.54 Å². The second-order valence-corrected chi connectivity index (χ2v) is 5.34. The molecule has 4 N–H and O–H groups in total. The number of rotatable bonds is 2. The molecule has 1 heterocycles. The molecule has 1 unspecified atom stereocenters. The molecule has 1 aliphatic heterocycles. The largest absolute Gasteiger partial charge is 0.367 e. The van der Waals surface area contributed by atoms with Crippen LogP contribution in [0.15, 0.2) is 42.5 Å². The van der Waals surface area contributed by atoms with E-state index in [0.717, 1.165) is 16.3 Å². The topological polar surface area (TPSA) is 89.4 Å². The molecule has 0 spiro atoms. The first-order valence-electron chi connectivity index (χ1n) is 6.92. The standard InChI is InChI=1S/C16H17N3O2/c17-14(20)16(9-4-10-19(16)15(18)21)13-8-3-6-11-5-1-2-7-12(11)13/h1-3,5-8H,4,9-10H2,(H2,17,20)(H2,18,21). The van der Waals surface area contributed by atoms with E-state index in [1.165, 1.54) is 4.90 Å². The zero-order chi connectivity index (χ0) is 15.0. The van der Waals surface area contributed by atoms with Gasteiger partial charge in [-0.3, -0.25) is 4.79 Å². The van der Waals surface area contributed by atoms with Crippen molar-refractivity contribution in [2.45, 2.75) is 18.4 Å². The predicted molar refractivity (Wildman–Crippen MR) is 80.3 cm³/mol. The summed E-state index contributed by atoms with van der Waals surface area (Å²) in [4.78, 5) is 25.4. The van der Waals surface area contributed by atoms with Gasteiger partial charge in [-0.2, -0.15) is 0 Å². The van der Waals surface area contributed by atoms with Gasteiger partial charge in [0, 0.05) is 6.54 Å². The van der Waals surface area contributed by atoms with Gasteiger partial charge >= 0.3 is 6.03 Å². The van der Waals surface area contributed by atoms with Crippen molar-refractivity contribution in [1.82, 2.24) is 4.90 Å². The minimum absolute atomic E-state index is 0.446. The number of hydrogen-bond acceptors (Lipinski definition) is 2. The number of nitrogens with two attached hydrogens (primary N) is 2. The summed E-state index contributed by atoms with van der Waals surface area (Å²) < 4.78 is 0. The maximum atomic E-state index is 12.3.